The largest absolute Gasteiger partial charge is 0.368 e. The zero-order chi connectivity index (χ0) is 12.5. The van der Waals surface area contributed by atoms with Crippen LogP contribution in [0.5, 0.6) is 0 Å². The number of aromatic nitrogens is 2. The third-order valence-electron chi connectivity index (χ3n) is 3.42. The van der Waals surface area contributed by atoms with Crippen molar-refractivity contribution in [2.24, 2.45) is 5.73 Å². The van der Waals surface area contributed by atoms with Crippen molar-refractivity contribution in [1.29, 1.82) is 0 Å². The van der Waals surface area contributed by atoms with Crippen LogP contribution in [-0.2, 0) is 4.79 Å². The summed E-state index contributed by atoms with van der Waals surface area (Å²) >= 11 is 3.38. The van der Waals surface area contributed by atoms with Crippen molar-refractivity contribution < 1.29 is 4.79 Å². The molecule has 1 aliphatic carbocycles. The van der Waals surface area contributed by atoms with Crippen LogP contribution in [0, 0.1) is 0 Å². The zero-order valence-electron chi connectivity index (χ0n) is 9.82. The Hall–Kier alpha value is -0.880. The zero-order valence-corrected chi connectivity index (χ0v) is 11.4. The number of halogens is 1. The molecule has 2 atom stereocenters. The van der Waals surface area contributed by atoms with Gasteiger partial charge in [-0.15, -0.1) is 0 Å². The summed E-state index contributed by atoms with van der Waals surface area (Å²) in [6.07, 6.45) is 6.11. The molecule has 6 heteroatoms. The molecule has 0 bridgehead atoms. The van der Waals surface area contributed by atoms with Crippen LogP contribution >= 0.6 is 15.9 Å². The summed E-state index contributed by atoms with van der Waals surface area (Å²) in [7, 11) is 0. The number of hydrogen-bond acceptors (Lipinski definition) is 3. The Morgan fingerprint density at radius 1 is 1.82 bits per heavy atom. The molecule has 5 nitrogen and oxygen atoms in total. The molecule has 3 N–H and O–H groups in total. The second-order valence-electron chi connectivity index (χ2n) is 4.51. The average molecular weight is 301 g/mol. The summed E-state index contributed by atoms with van der Waals surface area (Å²) in [5.41, 5.74) is 4.97. The molecule has 0 radical (unpaired) electrons. The summed E-state index contributed by atoms with van der Waals surface area (Å²) in [6, 6.07) is 0.243. The highest BCUT2D eigenvalue weighted by Crippen LogP contribution is 2.37. The molecule has 1 saturated carbocycles. The van der Waals surface area contributed by atoms with E-state index in [1.54, 1.807) is 6.20 Å². The lowest BCUT2D eigenvalue weighted by Gasteiger charge is -2.26. The highest BCUT2D eigenvalue weighted by Gasteiger charge is 2.44. The molecule has 0 aromatic carbocycles. The molecule has 1 fully saturated rings. The average Bonchev–Trinajstić information content (AvgIpc) is 2.86. The lowest BCUT2D eigenvalue weighted by molar-refractivity contribution is -0.124. The molecule has 2 rings (SSSR count). The third-order valence-corrected chi connectivity index (χ3v) is 3.83. The molecule has 1 aromatic rings. The van der Waals surface area contributed by atoms with E-state index in [2.05, 4.69) is 26.3 Å². The van der Waals surface area contributed by atoms with Gasteiger partial charge in [0.1, 0.15) is 0 Å². The monoisotopic (exact) mass is 300 g/mol. The van der Waals surface area contributed by atoms with Crippen molar-refractivity contribution in [3.63, 3.8) is 0 Å². The van der Waals surface area contributed by atoms with Gasteiger partial charge < -0.3 is 11.1 Å². The van der Waals surface area contributed by atoms with Crippen LogP contribution in [0.15, 0.2) is 16.9 Å². The lowest BCUT2D eigenvalue weighted by Crippen LogP contribution is -2.53. The number of nitrogens with one attached hydrogen (secondary N) is 1. The first-order valence-electron chi connectivity index (χ1n) is 5.82. The topological polar surface area (TPSA) is 72.9 Å². The Kier molecular flexibility index (Phi) is 3.53. The fraction of sp³-hybridized carbons (Fsp3) is 0.636. The van der Waals surface area contributed by atoms with E-state index in [0.29, 0.717) is 6.42 Å². The second kappa shape index (κ2) is 4.78. The molecule has 1 aliphatic rings. The molecule has 1 aromatic heterocycles. The Balaban J connectivity index is 2.14. The van der Waals surface area contributed by atoms with Crippen LogP contribution in [-0.4, -0.2) is 27.8 Å². The first-order chi connectivity index (χ1) is 8.07. The molecule has 2 unspecified atom stereocenters. The molecular formula is C11H17BrN4O. The van der Waals surface area contributed by atoms with Crippen molar-refractivity contribution in [2.75, 3.05) is 6.54 Å². The summed E-state index contributed by atoms with van der Waals surface area (Å²) in [5.74, 6) is -0.256. The first-order valence-corrected chi connectivity index (χ1v) is 6.61. The van der Waals surface area contributed by atoms with Gasteiger partial charge in [-0.2, -0.15) is 5.10 Å². The molecule has 1 heterocycles. The predicted molar refractivity (Wildman–Crippen MR) is 68.4 cm³/mol. The van der Waals surface area contributed by atoms with Gasteiger partial charge in [-0.25, -0.2) is 0 Å². The minimum absolute atomic E-state index is 0.243. The second-order valence-corrected chi connectivity index (χ2v) is 5.43. The fourth-order valence-electron chi connectivity index (χ4n) is 2.57. The predicted octanol–water partition coefficient (Wildman–Crippen LogP) is 1.20. The number of amides is 1. The van der Waals surface area contributed by atoms with Crippen molar-refractivity contribution in [3.05, 3.63) is 16.9 Å². The Morgan fingerprint density at radius 3 is 3.12 bits per heavy atom. The van der Waals surface area contributed by atoms with E-state index in [1.165, 1.54) is 0 Å². The number of carbonyl (C=O) groups is 1. The van der Waals surface area contributed by atoms with Gasteiger partial charge in [0.25, 0.3) is 0 Å². The smallest absolute Gasteiger partial charge is 0.237 e. The van der Waals surface area contributed by atoms with E-state index in [9.17, 15) is 4.79 Å². The van der Waals surface area contributed by atoms with Crippen molar-refractivity contribution in [2.45, 2.75) is 37.8 Å². The summed E-state index contributed by atoms with van der Waals surface area (Å²) in [5, 5.41) is 7.51. The van der Waals surface area contributed by atoms with Gasteiger partial charge in [0.05, 0.1) is 22.3 Å². The Morgan fingerprint density at radius 2 is 2.59 bits per heavy atom. The number of rotatable bonds is 4. The molecule has 17 heavy (non-hydrogen) atoms. The van der Waals surface area contributed by atoms with Crippen molar-refractivity contribution in [1.82, 2.24) is 15.1 Å². The minimum Gasteiger partial charge on any atom is -0.368 e. The van der Waals surface area contributed by atoms with Gasteiger partial charge in [0.15, 0.2) is 0 Å². The van der Waals surface area contributed by atoms with Gasteiger partial charge in [0.2, 0.25) is 5.91 Å². The van der Waals surface area contributed by atoms with Crippen molar-refractivity contribution in [3.8, 4) is 0 Å². The Bertz CT molecular complexity index is 419. The van der Waals surface area contributed by atoms with Crippen LogP contribution in [0.25, 0.3) is 0 Å². The first kappa shape index (κ1) is 12.6. The minimum atomic E-state index is -0.558. The van der Waals surface area contributed by atoms with E-state index in [4.69, 9.17) is 5.73 Å². The number of hydrogen-bond donors (Lipinski definition) is 2. The van der Waals surface area contributed by atoms with Crippen LogP contribution in [0.3, 0.4) is 0 Å². The molecular weight excluding hydrogens is 284 g/mol. The summed E-state index contributed by atoms with van der Waals surface area (Å²) in [4.78, 5) is 11.6. The van der Waals surface area contributed by atoms with Gasteiger partial charge >= 0.3 is 0 Å². The number of likely N-dealkylation sites (N-methyl/N-ethyl adjacent to an activating group) is 1. The normalized spacial score (nSPS) is 28.5. The van der Waals surface area contributed by atoms with Gasteiger partial charge in [-0.1, -0.05) is 6.92 Å². The molecule has 0 aliphatic heterocycles. The van der Waals surface area contributed by atoms with Crippen LogP contribution in [0.4, 0.5) is 0 Å². The van der Waals surface area contributed by atoms with E-state index >= 15 is 0 Å². The summed E-state index contributed by atoms with van der Waals surface area (Å²) < 4.78 is 2.86. The fourth-order valence-corrected chi connectivity index (χ4v) is 2.87. The van der Waals surface area contributed by atoms with Gasteiger partial charge in [0, 0.05) is 6.20 Å². The van der Waals surface area contributed by atoms with Crippen LogP contribution in [0.2, 0.25) is 0 Å². The van der Waals surface area contributed by atoms with Gasteiger partial charge in [-0.05, 0) is 41.7 Å². The standard InChI is InChI=1S/C11H17BrN4O/c1-2-14-11(10(13)17)4-3-9(5-11)16-7-8(12)6-15-16/h6-7,9,14H,2-5H2,1H3,(H2,13,17). The van der Waals surface area contributed by atoms with Crippen molar-refractivity contribution >= 4 is 21.8 Å². The molecule has 0 spiro atoms. The lowest BCUT2D eigenvalue weighted by atomic mass is 9.96. The highest BCUT2D eigenvalue weighted by molar-refractivity contribution is 9.10. The van der Waals surface area contributed by atoms with E-state index in [0.717, 1.165) is 23.9 Å². The molecule has 1 amide bonds. The number of carbonyl (C=O) groups excluding carboxylic acids is 1. The molecule has 94 valence electrons. The van der Waals surface area contributed by atoms with Crippen LogP contribution < -0.4 is 11.1 Å². The van der Waals surface area contributed by atoms with E-state index in [1.807, 2.05) is 17.8 Å². The van der Waals surface area contributed by atoms with Crippen LogP contribution in [0.1, 0.15) is 32.2 Å². The quantitative estimate of drug-likeness (QED) is 0.878. The highest BCUT2D eigenvalue weighted by atomic mass is 79.9. The maximum absolute atomic E-state index is 11.6. The number of nitrogens with two attached hydrogens (primary N) is 1. The SMILES string of the molecule is CCNC1(C(N)=O)CCC(n2cc(Br)cn2)C1. The molecule has 0 saturated heterocycles. The Labute approximate surface area is 109 Å². The number of nitrogens with zero attached hydrogens (tertiary/aromatic N) is 2. The summed E-state index contributed by atoms with van der Waals surface area (Å²) in [6.45, 7) is 2.74. The van der Waals surface area contributed by atoms with Gasteiger partial charge in [-0.3, -0.25) is 9.48 Å². The van der Waals surface area contributed by atoms with E-state index < -0.39 is 5.54 Å². The maximum atomic E-state index is 11.6. The number of primary amides is 1. The third kappa shape index (κ3) is 2.37. The van der Waals surface area contributed by atoms with E-state index in [-0.39, 0.29) is 11.9 Å². The maximum Gasteiger partial charge on any atom is 0.237 e.